The van der Waals surface area contributed by atoms with Crippen LogP contribution in [0.1, 0.15) is 5.56 Å². The molecule has 0 aliphatic heterocycles. The number of carbonyl (C=O) groups excluding carboxylic acids is 1. The summed E-state index contributed by atoms with van der Waals surface area (Å²) in [7, 11) is 0. The van der Waals surface area contributed by atoms with Crippen molar-refractivity contribution in [3.63, 3.8) is 0 Å². The van der Waals surface area contributed by atoms with Gasteiger partial charge in [-0.15, -0.1) is 11.8 Å². The molecule has 2 aromatic carbocycles. The molecule has 110 valence electrons. The van der Waals surface area contributed by atoms with Gasteiger partial charge in [-0.25, -0.2) is 4.39 Å². The standard InChI is InChI=1S/C15H14ClFN2OS/c1-9-2-5-13(11(16)6-9)19-15(20)8-21-14-7-10(17)3-4-12(14)18/h2-7H,8,18H2,1H3,(H,19,20). The van der Waals surface area contributed by atoms with Crippen LogP contribution in [0.25, 0.3) is 0 Å². The van der Waals surface area contributed by atoms with E-state index >= 15 is 0 Å². The maximum atomic E-state index is 13.1. The van der Waals surface area contributed by atoms with E-state index in [1.54, 1.807) is 12.1 Å². The van der Waals surface area contributed by atoms with E-state index in [0.717, 1.165) is 5.56 Å². The number of nitrogens with one attached hydrogen (secondary N) is 1. The number of hydrogen-bond acceptors (Lipinski definition) is 3. The summed E-state index contributed by atoms with van der Waals surface area (Å²) in [5.41, 5.74) is 7.74. The van der Waals surface area contributed by atoms with Gasteiger partial charge in [0.25, 0.3) is 0 Å². The first kappa shape index (κ1) is 15.7. The first-order chi connectivity index (χ1) is 9.95. The quantitative estimate of drug-likeness (QED) is 0.657. The third-order valence-electron chi connectivity index (χ3n) is 2.73. The van der Waals surface area contributed by atoms with Crippen LogP contribution in [0.2, 0.25) is 5.02 Å². The van der Waals surface area contributed by atoms with Crippen molar-refractivity contribution in [1.82, 2.24) is 0 Å². The van der Waals surface area contributed by atoms with Crippen molar-refractivity contribution in [1.29, 1.82) is 0 Å². The molecule has 0 atom stereocenters. The number of aryl methyl sites for hydroxylation is 1. The van der Waals surface area contributed by atoms with Gasteiger partial charge in [-0.3, -0.25) is 4.79 Å². The molecular formula is C15H14ClFN2OS. The second-order valence-corrected chi connectivity index (χ2v) is 5.93. The van der Waals surface area contributed by atoms with Gasteiger partial charge in [0.05, 0.1) is 16.5 Å². The summed E-state index contributed by atoms with van der Waals surface area (Å²) in [6.45, 7) is 1.92. The molecule has 0 aromatic heterocycles. The number of halogens is 2. The highest BCUT2D eigenvalue weighted by atomic mass is 35.5. The Morgan fingerprint density at radius 3 is 2.81 bits per heavy atom. The van der Waals surface area contributed by atoms with Crippen molar-refractivity contribution >= 4 is 40.6 Å². The highest BCUT2D eigenvalue weighted by Gasteiger charge is 2.09. The lowest BCUT2D eigenvalue weighted by Crippen LogP contribution is -2.14. The minimum Gasteiger partial charge on any atom is -0.398 e. The van der Waals surface area contributed by atoms with Crippen LogP contribution in [0.15, 0.2) is 41.3 Å². The van der Waals surface area contributed by atoms with Crippen molar-refractivity contribution in [2.75, 3.05) is 16.8 Å². The number of nitrogens with two attached hydrogens (primary N) is 1. The van der Waals surface area contributed by atoms with Gasteiger partial charge in [0.2, 0.25) is 5.91 Å². The summed E-state index contributed by atoms with van der Waals surface area (Å²) in [4.78, 5) is 12.4. The number of hydrogen-bond donors (Lipinski definition) is 2. The molecule has 3 nitrogen and oxygen atoms in total. The van der Waals surface area contributed by atoms with Gasteiger partial charge in [0.15, 0.2) is 0 Å². The molecule has 0 spiro atoms. The molecule has 2 aromatic rings. The largest absolute Gasteiger partial charge is 0.398 e. The molecule has 2 rings (SSSR count). The number of rotatable bonds is 4. The third-order valence-corrected chi connectivity index (χ3v) is 4.12. The molecule has 0 aliphatic carbocycles. The zero-order chi connectivity index (χ0) is 15.4. The first-order valence-corrected chi connectivity index (χ1v) is 7.56. The number of anilines is 2. The Balaban J connectivity index is 1.97. The predicted molar refractivity (Wildman–Crippen MR) is 86.4 cm³/mol. The van der Waals surface area contributed by atoms with E-state index in [-0.39, 0.29) is 17.5 Å². The molecule has 0 aliphatic rings. The van der Waals surface area contributed by atoms with Crippen molar-refractivity contribution < 1.29 is 9.18 Å². The molecule has 1 amide bonds. The van der Waals surface area contributed by atoms with Crippen LogP contribution in [0.4, 0.5) is 15.8 Å². The fourth-order valence-electron chi connectivity index (χ4n) is 1.68. The van der Waals surface area contributed by atoms with Gasteiger partial charge < -0.3 is 11.1 Å². The van der Waals surface area contributed by atoms with Crippen LogP contribution in [0.3, 0.4) is 0 Å². The van der Waals surface area contributed by atoms with Gasteiger partial charge in [-0.1, -0.05) is 17.7 Å². The summed E-state index contributed by atoms with van der Waals surface area (Å²) in [6, 6.07) is 9.45. The van der Waals surface area contributed by atoms with Gasteiger partial charge in [0.1, 0.15) is 5.82 Å². The Morgan fingerprint density at radius 2 is 2.10 bits per heavy atom. The van der Waals surface area contributed by atoms with Crippen molar-refractivity contribution in [3.05, 3.63) is 52.8 Å². The molecule has 0 saturated carbocycles. The predicted octanol–water partition coefficient (Wildman–Crippen LogP) is 4.10. The molecular weight excluding hydrogens is 311 g/mol. The number of amides is 1. The van der Waals surface area contributed by atoms with Crippen molar-refractivity contribution in [3.8, 4) is 0 Å². The second kappa shape index (κ2) is 6.83. The van der Waals surface area contributed by atoms with Crippen LogP contribution in [-0.4, -0.2) is 11.7 Å². The van der Waals surface area contributed by atoms with Gasteiger partial charge in [-0.05, 0) is 42.8 Å². The van der Waals surface area contributed by atoms with Crippen LogP contribution >= 0.6 is 23.4 Å². The van der Waals surface area contributed by atoms with Gasteiger partial charge in [-0.2, -0.15) is 0 Å². The zero-order valence-corrected chi connectivity index (χ0v) is 12.9. The number of benzene rings is 2. The van der Waals surface area contributed by atoms with Crippen LogP contribution in [0, 0.1) is 12.7 Å². The van der Waals surface area contributed by atoms with Gasteiger partial charge in [0, 0.05) is 10.6 Å². The Hall–Kier alpha value is -1.72. The monoisotopic (exact) mass is 324 g/mol. The fourth-order valence-corrected chi connectivity index (χ4v) is 2.76. The molecule has 6 heteroatoms. The summed E-state index contributed by atoms with van der Waals surface area (Å²) in [5, 5.41) is 3.20. The van der Waals surface area contributed by atoms with E-state index in [9.17, 15) is 9.18 Å². The first-order valence-electron chi connectivity index (χ1n) is 6.19. The lowest BCUT2D eigenvalue weighted by atomic mass is 10.2. The average Bonchev–Trinajstić information content (AvgIpc) is 2.43. The molecule has 0 heterocycles. The SMILES string of the molecule is Cc1ccc(NC(=O)CSc2cc(F)ccc2N)c(Cl)c1. The van der Waals surface area contributed by atoms with E-state index in [0.29, 0.717) is 21.3 Å². The van der Waals surface area contributed by atoms with E-state index < -0.39 is 0 Å². The van der Waals surface area contributed by atoms with Crippen molar-refractivity contribution in [2.45, 2.75) is 11.8 Å². The average molecular weight is 325 g/mol. The minimum absolute atomic E-state index is 0.123. The highest BCUT2D eigenvalue weighted by molar-refractivity contribution is 8.00. The third kappa shape index (κ3) is 4.37. The Morgan fingerprint density at radius 1 is 1.33 bits per heavy atom. The van der Waals surface area contributed by atoms with Crippen LogP contribution in [0.5, 0.6) is 0 Å². The van der Waals surface area contributed by atoms with E-state index in [4.69, 9.17) is 17.3 Å². The molecule has 0 radical (unpaired) electrons. The smallest absolute Gasteiger partial charge is 0.234 e. The Labute approximate surface area is 131 Å². The lowest BCUT2D eigenvalue weighted by molar-refractivity contribution is -0.113. The minimum atomic E-state index is -0.381. The number of carbonyl (C=O) groups is 1. The lowest BCUT2D eigenvalue weighted by Gasteiger charge is -2.09. The highest BCUT2D eigenvalue weighted by Crippen LogP contribution is 2.27. The summed E-state index contributed by atoms with van der Waals surface area (Å²) in [5.74, 6) is -0.485. The summed E-state index contributed by atoms with van der Waals surface area (Å²) >= 11 is 7.22. The molecule has 0 unspecified atom stereocenters. The Bertz CT molecular complexity index is 679. The van der Waals surface area contributed by atoms with E-state index in [1.807, 2.05) is 13.0 Å². The molecule has 0 bridgehead atoms. The van der Waals surface area contributed by atoms with Crippen LogP contribution in [-0.2, 0) is 4.79 Å². The zero-order valence-electron chi connectivity index (χ0n) is 11.3. The number of nitrogen functional groups attached to an aromatic ring is 1. The maximum absolute atomic E-state index is 13.1. The van der Waals surface area contributed by atoms with Crippen LogP contribution < -0.4 is 11.1 Å². The Kier molecular flexibility index (Phi) is 5.09. The summed E-state index contributed by atoms with van der Waals surface area (Å²) in [6.07, 6.45) is 0. The normalized spacial score (nSPS) is 10.4. The summed E-state index contributed by atoms with van der Waals surface area (Å²) < 4.78 is 13.1. The number of thioether (sulfide) groups is 1. The molecule has 3 N–H and O–H groups in total. The van der Waals surface area contributed by atoms with E-state index in [1.165, 1.54) is 30.0 Å². The molecule has 0 saturated heterocycles. The molecule has 21 heavy (non-hydrogen) atoms. The van der Waals surface area contributed by atoms with Crippen molar-refractivity contribution in [2.24, 2.45) is 0 Å². The fraction of sp³-hybridized carbons (Fsp3) is 0.133. The van der Waals surface area contributed by atoms with E-state index in [2.05, 4.69) is 5.32 Å². The van der Waals surface area contributed by atoms with Gasteiger partial charge >= 0.3 is 0 Å². The topological polar surface area (TPSA) is 55.1 Å². The second-order valence-electron chi connectivity index (χ2n) is 4.50. The molecule has 0 fully saturated rings. The maximum Gasteiger partial charge on any atom is 0.234 e.